The molecule has 1 aromatic heterocycles. The van der Waals surface area contributed by atoms with Gasteiger partial charge in [0, 0.05) is 16.3 Å². The van der Waals surface area contributed by atoms with Crippen LogP contribution in [0, 0.1) is 0 Å². The molecule has 1 nitrogen and oxygen atoms in total. The van der Waals surface area contributed by atoms with Crippen LogP contribution in [0.4, 0.5) is 0 Å². The van der Waals surface area contributed by atoms with Crippen molar-refractivity contribution < 1.29 is 4.42 Å². The monoisotopic (exact) mass is 672 g/mol. The van der Waals surface area contributed by atoms with Gasteiger partial charge < -0.3 is 4.42 Å². The average Bonchev–Trinajstić information content (AvgIpc) is 3.63. The van der Waals surface area contributed by atoms with Crippen molar-refractivity contribution >= 4 is 65.0 Å². The highest BCUT2D eigenvalue weighted by Crippen LogP contribution is 2.50. The van der Waals surface area contributed by atoms with Crippen molar-refractivity contribution in [3.8, 4) is 44.5 Å². The fourth-order valence-corrected chi connectivity index (χ4v) is 8.80. The lowest BCUT2D eigenvalue weighted by Crippen LogP contribution is -1.94. The lowest BCUT2D eigenvalue weighted by Gasteiger charge is -2.21. The van der Waals surface area contributed by atoms with E-state index in [1.54, 1.807) is 0 Å². The zero-order valence-electron chi connectivity index (χ0n) is 28.9. The van der Waals surface area contributed by atoms with Crippen molar-refractivity contribution in [2.75, 3.05) is 0 Å². The van der Waals surface area contributed by atoms with Crippen molar-refractivity contribution in [3.63, 3.8) is 0 Å². The fraction of sp³-hybridized carbons (Fsp3) is 0. The Labute approximate surface area is 307 Å². The van der Waals surface area contributed by atoms with Crippen molar-refractivity contribution in [1.29, 1.82) is 0 Å². The molecule has 0 aliphatic rings. The molecule has 1 heterocycles. The molecule has 0 unspecified atom stereocenters. The summed E-state index contributed by atoms with van der Waals surface area (Å²) in [4.78, 5) is 0. The van der Waals surface area contributed by atoms with Crippen LogP contribution in [0.1, 0.15) is 0 Å². The third-order valence-electron chi connectivity index (χ3n) is 11.1. The summed E-state index contributed by atoms with van der Waals surface area (Å²) < 4.78 is 6.75. The molecule has 0 N–H and O–H groups in total. The molecule has 0 aliphatic heterocycles. The van der Waals surface area contributed by atoms with Gasteiger partial charge in [-0.3, -0.25) is 0 Å². The second-order valence-corrected chi connectivity index (χ2v) is 13.9. The van der Waals surface area contributed by atoms with Crippen LogP contribution in [0.5, 0.6) is 0 Å². The first-order valence-electron chi connectivity index (χ1n) is 18.3. The Bertz CT molecular complexity index is 3160. The summed E-state index contributed by atoms with van der Waals surface area (Å²) in [6.45, 7) is 0. The lowest BCUT2D eigenvalue weighted by molar-refractivity contribution is 0.670. The fourth-order valence-electron chi connectivity index (χ4n) is 8.80. The normalized spacial score (nSPS) is 11.8. The molecule has 246 valence electrons. The van der Waals surface area contributed by atoms with Crippen LogP contribution < -0.4 is 0 Å². The highest BCUT2D eigenvalue weighted by molar-refractivity contribution is 6.27. The largest absolute Gasteiger partial charge is 0.455 e. The Kier molecular flexibility index (Phi) is 6.62. The van der Waals surface area contributed by atoms with Crippen LogP contribution in [0.3, 0.4) is 0 Å². The summed E-state index contributed by atoms with van der Waals surface area (Å²) in [6, 6.07) is 70.4. The van der Waals surface area contributed by atoms with E-state index in [9.17, 15) is 0 Å². The summed E-state index contributed by atoms with van der Waals surface area (Å²) in [7, 11) is 0. The SMILES string of the molecule is c1ccc(-c2ccc(-c3c4ccccc4c(-c4ccccc4-c4cc5ccccc5c5ccccc45)c4ccccc34)c3c2oc2ccccc23)cc1. The first-order chi connectivity index (χ1) is 26.3. The van der Waals surface area contributed by atoms with E-state index in [2.05, 4.69) is 194 Å². The molecule has 0 radical (unpaired) electrons. The number of hydrogen-bond acceptors (Lipinski definition) is 1. The van der Waals surface area contributed by atoms with Gasteiger partial charge in [-0.2, -0.15) is 0 Å². The van der Waals surface area contributed by atoms with Crippen LogP contribution in [-0.2, 0) is 0 Å². The molecule has 0 spiro atoms. The van der Waals surface area contributed by atoms with Gasteiger partial charge in [0.2, 0.25) is 0 Å². The highest BCUT2D eigenvalue weighted by atomic mass is 16.3. The molecule has 0 atom stereocenters. The maximum absolute atomic E-state index is 6.75. The second-order valence-electron chi connectivity index (χ2n) is 13.9. The summed E-state index contributed by atoms with van der Waals surface area (Å²) >= 11 is 0. The van der Waals surface area contributed by atoms with Crippen LogP contribution in [0.25, 0.3) is 110 Å². The molecule has 0 saturated heterocycles. The number of para-hydroxylation sites is 1. The van der Waals surface area contributed by atoms with Crippen molar-refractivity contribution in [3.05, 3.63) is 194 Å². The van der Waals surface area contributed by atoms with Crippen LogP contribution in [0.15, 0.2) is 199 Å². The minimum absolute atomic E-state index is 0.897. The topological polar surface area (TPSA) is 13.1 Å². The molecular formula is C52H32O. The van der Waals surface area contributed by atoms with E-state index in [-0.39, 0.29) is 0 Å². The number of benzene rings is 10. The van der Waals surface area contributed by atoms with E-state index in [4.69, 9.17) is 4.42 Å². The second kappa shape index (κ2) is 11.8. The quantitative estimate of drug-likeness (QED) is 0.134. The van der Waals surface area contributed by atoms with Gasteiger partial charge in [0.15, 0.2) is 0 Å². The van der Waals surface area contributed by atoms with Crippen LogP contribution in [0.2, 0.25) is 0 Å². The number of fused-ring (bicyclic) bond motifs is 8. The molecule has 1 heteroatoms. The molecule has 0 fully saturated rings. The van der Waals surface area contributed by atoms with Gasteiger partial charge in [-0.05, 0) is 100 Å². The van der Waals surface area contributed by atoms with E-state index in [1.165, 1.54) is 76.5 Å². The third kappa shape index (κ3) is 4.51. The molecule has 0 amide bonds. The molecule has 11 rings (SSSR count). The zero-order chi connectivity index (χ0) is 34.9. The van der Waals surface area contributed by atoms with Crippen molar-refractivity contribution in [1.82, 2.24) is 0 Å². The predicted octanol–water partition coefficient (Wildman–Crippen LogP) is 14.9. The Hall–Kier alpha value is -6.96. The molecule has 53 heavy (non-hydrogen) atoms. The summed E-state index contributed by atoms with van der Waals surface area (Å²) in [5, 5.41) is 12.2. The Morgan fingerprint density at radius 1 is 0.283 bits per heavy atom. The molecule has 11 aromatic rings. The van der Waals surface area contributed by atoms with Gasteiger partial charge in [-0.25, -0.2) is 0 Å². The summed E-state index contributed by atoms with van der Waals surface area (Å²) in [6.07, 6.45) is 0. The highest BCUT2D eigenvalue weighted by Gasteiger charge is 2.23. The van der Waals surface area contributed by atoms with E-state index in [1.807, 2.05) is 0 Å². The van der Waals surface area contributed by atoms with Crippen LogP contribution >= 0.6 is 0 Å². The standard InChI is InChI=1S/C52H32O/c1-2-16-33(17-3-1)36-30-31-46(51-45-28-14-15-29-48(45)53-52(36)51)50-43-26-12-10-24-41(43)49(42-25-11-13-27-44(42)50)40-23-9-8-22-39(40)47-32-34-18-4-5-19-35(34)37-20-6-7-21-38(37)47/h1-32H. The first-order valence-corrected chi connectivity index (χ1v) is 18.3. The van der Waals surface area contributed by atoms with Gasteiger partial charge >= 0.3 is 0 Å². The summed E-state index contributed by atoms with van der Waals surface area (Å²) in [5.74, 6) is 0. The van der Waals surface area contributed by atoms with Gasteiger partial charge in [-0.15, -0.1) is 0 Å². The molecule has 0 saturated carbocycles. The van der Waals surface area contributed by atoms with Gasteiger partial charge in [0.1, 0.15) is 11.2 Å². The van der Waals surface area contributed by atoms with Gasteiger partial charge in [0.05, 0.1) is 0 Å². The molecular weight excluding hydrogens is 641 g/mol. The third-order valence-corrected chi connectivity index (χ3v) is 11.1. The Morgan fingerprint density at radius 3 is 1.47 bits per heavy atom. The van der Waals surface area contributed by atoms with Crippen LogP contribution in [-0.4, -0.2) is 0 Å². The maximum atomic E-state index is 6.75. The molecule has 10 aromatic carbocycles. The number of furan rings is 1. The Morgan fingerprint density at radius 2 is 0.774 bits per heavy atom. The van der Waals surface area contributed by atoms with E-state index in [0.717, 1.165) is 33.1 Å². The predicted molar refractivity (Wildman–Crippen MR) is 225 cm³/mol. The average molecular weight is 673 g/mol. The van der Waals surface area contributed by atoms with E-state index < -0.39 is 0 Å². The smallest absolute Gasteiger partial charge is 0.143 e. The minimum atomic E-state index is 0.897. The number of rotatable bonds is 4. The molecule has 0 bridgehead atoms. The number of hydrogen-bond donors (Lipinski definition) is 0. The minimum Gasteiger partial charge on any atom is -0.455 e. The first kappa shape index (κ1) is 29.7. The van der Waals surface area contributed by atoms with Crippen molar-refractivity contribution in [2.45, 2.75) is 0 Å². The maximum Gasteiger partial charge on any atom is 0.143 e. The van der Waals surface area contributed by atoms with Crippen molar-refractivity contribution in [2.24, 2.45) is 0 Å². The Balaban J connectivity index is 1.25. The zero-order valence-corrected chi connectivity index (χ0v) is 28.9. The van der Waals surface area contributed by atoms with Gasteiger partial charge in [0.25, 0.3) is 0 Å². The van der Waals surface area contributed by atoms with E-state index in [0.29, 0.717) is 0 Å². The van der Waals surface area contributed by atoms with Gasteiger partial charge in [-0.1, -0.05) is 176 Å². The lowest BCUT2D eigenvalue weighted by atomic mass is 9.82. The molecule has 0 aliphatic carbocycles. The summed E-state index contributed by atoms with van der Waals surface area (Å²) in [5.41, 5.74) is 11.4. The van der Waals surface area contributed by atoms with E-state index >= 15 is 0 Å².